The van der Waals surface area contributed by atoms with E-state index in [1.165, 1.54) is 0 Å². The molecule has 0 saturated carbocycles. The first-order valence-electron chi connectivity index (χ1n) is 7.96. The number of nitrogens with zero attached hydrogens (tertiary/aromatic N) is 1. The topological polar surface area (TPSA) is 32.3 Å². The molecule has 22 heavy (non-hydrogen) atoms. The minimum atomic E-state index is 0.0776. The largest absolute Gasteiger partial charge is 0.353 e. The summed E-state index contributed by atoms with van der Waals surface area (Å²) < 4.78 is 0. The minimum Gasteiger partial charge on any atom is -0.353 e. The Morgan fingerprint density at radius 3 is 2.91 bits per heavy atom. The fourth-order valence-electron chi connectivity index (χ4n) is 2.77. The number of rotatable bonds is 5. The van der Waals surface area contributed by atoms with Crippen molar-refractivity contribution in [3.05, 3.63) is 33.8 Å². The summed E-state index contributed by atoms with van der Waals surface area (Å²) in [5.74, 6) is 0.259. The van der Waals surface area contributed by atoms with E-state index in [1.54, 1.807) is 6.07 Å². The lowest BCUT2D eigenvalue weighted by Crippen LogP contribution is -2.44. The van der Waals surface area contributed by atoms with Crippen molar-refractivity contribution < 1.29 is 4.79 Å². The Morgan fingerprint density at radius 2 is 2.23 bits per heavy atom. The van der Waals surface area contributed by atoms with Crippen LogP contribution in [0.3, 0.4) is 0 Å². The summed E-state index contributed by atoms with van der Waals surface area (Å²) in [6.07, 6.45) is 2.97. The third-order valence-corrected chi connectivity index (χ3v) is 4.87. The van der Waals surface area contributed by atoms with Crippen molar-refractivity contribution in [3.63, 3.8) is 0 Å². The van der Waals surface area contributed by atoms with Gasteiger partial charge in [0.25, 0.3) is 0 Å². The maximum absolute atomic E-state index is 12.3. The zero-order valence-electron chi connectivity index (χ0n) is 13.2. The third-order valence-electron chi connectivity index (χ3n) is 4.29. The number of piperidine rings is 1. The fraction of sp³-hybridized carbons (Fsp3) is 0.588. The summed E-state index contributed by atoms with van der Waals surface area (Å²) in [5, 5.41) is 4.44. The average Bonchev–Trinajstić information content (AvgIpc) is 2.50. The number of carbonyl (C=O) groups excluding carboxylic acids is 1. The number of nitrogens with one attached hydrogen (secondary N) is 1. The maximum atomic E-state index is 12.3. The van der Waals surface area contributed by atoms with E-state index in [-0.39, 0.29) is 17.9 Å². The highest BCUT2D eigenvalue weighted by atomic mass is 35.5. The molecule has 0 aromatic heterocycles. The van der Waals surface area contributed by atoms with Gasteiger partial charge in [-0.1, -0.05) is 36.2 Å². The first-order chi connectivity index (χ1) is 10.5. The van der Waals surface area contributed by atoms with Crippen molar-refractivity contribution in [3.8, 4) is 0 Å². The molecule has 0 aliphatic carbocycles. The molecule has 0 radical (unpaired) electrons. The van der Waals surface area contributed by atoms with Crippen LogP contribution in [0.15, 0.2) is 18.2 Å². The van der Waals surface area contributed by atoms with E-state index in [2.05, 4.69) is 17.1 Å². The van der Waals surface area contributed by atoms with E-state index in [0.29, 0.717) is 10.0 Å². The van der Waals surface area contributed by atoms with Gasteiger partial charge in [-0.25, -0.2) is 0 Å². The minimum absolute atomic E-state index is 0.0776. The highest BCUT2D eigenvalue weighted by Gasteiger charge is 2.26. The van der Waals surface area contributed by atoms with Crippen molar-refractivity contribution >= 4 is 29.1 Å². The van der Waals surface area contributed by atoms with Gasteiger partial charge in [0.15, 0.2) is 0 Å². The van der Waals surface area contributed by atoms with Crippen LogP contribution in [-0.2, 0) is 11.3 Å². The van der Waals surface area contributed by atoms with Crippen LogP contribution >= 0.6 is 23.2 Å². The van der Waals surface area contributed by atoms with Gasteiger partial charge in [-0.2, -0.15) is 0 Å². The monoisotopic (exact) mass is 342 g/mol. The molecule has 1 amide bonds. The van der Waals surface area contributed by atoms with Gasteiger partial charge in [0.1, 0.15) is 0 Å². The standard InChI is InChI=1S/C17H24Cl2N2O/c1-3-12(2)20-17(22)14-5-4-8-21(11-14)10-13-6-7-15(18)9-16(13)19/h6-7,9,12,14H,3-5,8,10-11H2,1-2H3,(H,20,22)/t12-,14+/m1/s1. The zero-order valence-corrected chi connectivity index (χ0v) is 14.8. The van der Waals surface area contributed by atoms with E-state index in [9.17, 15) is 4.79 Å². The maximum Gasteiger partial charge on any atom is 0.224 e. The predicted molar refractivity (Wildman–Crippen MR) is 92.4 cm³/mol. The average molecular weight is 343 g/mol. The second-order valence-electron chi connectivity index (χ2n) is 6.13. The number of benzene rings is 1. The first-order valence-corrected chi connectivity index (χ1v) is 8.71. The summed E-state index contributed by atoms with van der Waals surface area (Å²) in [6, 6.07) is 5.84. The molecule has 0 unspecified atom stereocenters. The number of hydrogen-bond donors (Lipinski definition) is 1. The van der Waals surface area contributed by atoms with E-state index >= 15 is 0 Å². The van der Waals surface area contributed by atoms with E-state index in [4.69, 9.17) is 23.2 Å². The lowest BCUT2D eigenvalue weighted by molar-refractivity contribution is -0.127. The lowest BCUT2D eigenvalue weighted by atomic mass is 9.96. The Labute approximate surface area is 143 Å². The SMILES string of the molecule is CC[C@@H](C)NC(=O)[C@H]1CCCN(Cc2ccc(Cl)cc2Cl)C1. The number of halogens is 2. The Balaban J connectivity index is 1.94. The van der Waals surface area contributed by atoms with Crippen LogP contribution in [-0.4, -0.2) is 29.9 Å². The Bertz CT molecular complexity index is 521. The number of amides is 1. The van der Waals surface area contributed by atoms with Gasteiger partial charge in [-0.3, -0.25) is 9.69 Å². The molecule has 1 aromatic carbocycles. The summed E-state index contributed by atoms with van der Waals surface area (Å²) in [5.41, 5.74) is 1.06. The van der Waals surface area contributed by atoms with Crippen molar-refractivity contribution in [2.24, 2.45) is 5.92 Å². The summed E-state index contributed by atoms with van der Waals surface area (Å²) >= 11 is 12.2. The lowest BCUT2D eigenvalue weighted by Gasteiger charge is -2.32. The number of carbonyl (C=O) groups is 1. The number of hydrogen-bond acceptors (Lipinski definition) is 2. The second kappa shape index (κ2) is 8.19. The Morgan fingerprint density at radius 1 is 1.45 bits per heavy atom. The van der Waals surface area contributed by atoms with Crippen molar-refractivity contribution in [2.75, 3.05) is 13.1 Å². The van der Waals surface area contributed by atoms with Gasteiger partial charge in [0.2, 0.25) is 5.91 Å². The molecule has 1 N–H and O–H groups in total. The van der Waals surface area contributed by atoms with Crippen LogP contribution in [0.25, 0.3) is 0 Å². The third kappa shape index (κ3) is 4.87. The fourth-order valence-corrected chi connectivity index (χ4v) is 3.23. The molecule has 1 aliphatic heterocycles. The van der Waals surface area contributed by atoms with Gasteiger partial charge in [-0.15, -0.1) is 0 Å². The van der Waals surface area contributed by atoms with Crippen molar-refractivity contribution in [2.45, 2.75) is 45.7 Å². The van der Waals surface area contributed by atoms with Crippen molar-refractivity contribution in [1.29, 1.82) is 0 Å². The Hall–Kier alpha value is -0.770. The van der Waals surface area contributed by atoms with Crippen LogP contribution in [0.4, 0.5) is 0 Å². The van der Waals surface area contributed by atoms with Crippen molar-refractivity contribution in [1.82, 2.24) is 10.2 Å². The molecule has 2 atom stereocenters. The smallest absolute Gasteiger partial charge is 0.224 e. The molecular formula is C17H24Cl2N2O. The van der Waals surface area contributed by atoms with Crippen LogP contribution in [0.2, 0.25) is 10.0 Å². The molecular weight excluding hydrogens is 319 g/mol. The molecule has 5 heteroatoms. The predicted octanol–water partition coefficient (Wildman–Crippen LogP) is 4.12. The zero-order chi connectivity index (χ0) is 16.1. The van der Waals surface area contributed by atoms with Crippen LogP contribution in [0, 0.1) is 5.92 Å². The summed E-state index contributed by atoms with van der Waals surface area (Å²) in [6.45, 7) is 6.70. The van der Waals surface area contributed by atoms with Gasteiger partial charge >= 0.3 is 0 Å². The highest BCUT2D eigenvalue weighted by molar-refractivity contribution is 6.35. The van der Waals surface area contributed by atoms with Gasteiger partial charge < -0.3 is 5.32 Å². The quantitative estimate of drug-likeness (QED) is 0.872. The van der Waals surface area contributed by atoms with E-state index in [1.807, 2.05) is 19.1 Å². The second-order valence-corrected chi connectivity index (χ2v) is 6.97. The molecule has 2 rings (SSSR count). The number of likely N-dealkylation sites (tertiary alicyclic amines) is 1. The molecule has 0 bridgehead atoms. The van der Waals surface area contributed by atoms with Crippen LogP contribution < -0.4 is 5.32 Å². The Kier molecular flexibility index (Phi) is 6.54. The molecule has 1 aromatic rings. The molecule has 1 heterocycles. The summed E-state index contributed by atoms with van der Waals surface area (Å²) in [7, 11) is 0. The first kappa shape index (κ1) is 17.6. The molecule has 0 spiro atoms. The molecule has 1 fully saturated rings. The van der Waals surface area contributed by atoms with E-state index in [0.717, 1.165) is 44.5 Å². The van der Waals surface area contributed by atoms with E-state index < -0.39 is 0 Å². The molecule has 1 aliphatic rings. The molecule has 1 saturated heterocycles. The van der Waals surface area contributed by atoms with Crippen LogP contribution in [0.1, 0.15) is 38.7 Å². The molecule has 122 valence electrons. The highest BCUT2D eigenvalue weighted by Crippen LogP contribution is 2.25. The normalized spacial score (nSPS) is 20.6. The van der Waals surface area contributed by atoms with Crippen LogP contribution in [0.5, 0.6) is 0 Å². The van der Waals surface area contributed by atoms with Gasteiger partial charge in [0.05, 0.1) is 5.92 Å². The summed E-state index contributed by atoms with van der Waals surface area (Å²) in [4.78, 5) is 14.6. The molecule has 3 nitrogen and oxygen atoms in total. The van der Waals surface area contributed by atoms with Gasteiger partial charge in [-0.05, 0) is 50.4 Å². The van der Waals surface area contributed by atoms with Gasteiger partial charge in [0, 0.05) is 29.2 Å².